The van der Waals surface area contributed by atoms with Gasteiger partial charge in [0, 0.05) is 12.5 Å². The molecule has 0 aliphatic rings. The maximum Gasteiger partial charge on any atom is 0.471 e. The number of carbonyl (C=O) groups excluding carboxylic acids is 1. The van der Waals surface area contributed by atoms with Crippen molar-refractivity contribution in [1.82, 2.24) is 10.1 Å². The number of nitrogens with one attached hydrogen (secondary N) is 1. The lowest BCUT2D eigenvalue weighted by Gasteiger charge is -2.05. The predicted octanol–water partition coefficient (Wildman–Crippen LogP) is 2.59. The Morgan fingerprint density at radius 2 is 2.14 bits per heavy atom. The van der Waals surface area contributed by atoms with E-state index >= 15 is 0 Å². The number of hydrogen-bond donors (Lipinski definition) is 1. The van der Waals surface area contributed by atoms with Crippen LogP contribution in [0.1, 0.15) is 18.4 Å². The summed E-state index contributed by atoms with van der Waals surface area (Å²) in [5.41, 5.74) is 0.481. The molecule has 0 bridgehead atoms. The van der Waals surface area contributed by atoms with Crippen LogP contribution in [0.3, 0.4) is 0 Å². The van der Waals surface area contributed by atoms with Gasteiger partial charge < -0.3 is 9.84 Å². The Morgan fingerprint density at radius 1 is 1.43 bits per heavy atom. The van der Waals surface area contributed by atoms with E-state index in [0.29, 0.717) is 0 Å². The number of nitrogens with zero attached hydrogens (tertiary/aromatic N) is 3. The van der Waals surface area contributed by atoms with Crippen LogP contribution < -0.4 is 5.32 Å². The van der Waals surface area contributed by atoms with Gasteiger partial charge in [0.05, 0.1) is 11.3 Å². The summed E-state index contributed by atoms with van der Waals surface area (Å²) in [5, 5.41) is 14.6. The number of halogens is 3. The van der Waals surface area contributed by atoms with E-state index in [0.717, 1.165) is 0 Å². The van der Waals surface area contributed by atoms with Crippen molar-refractivity contribution >= 4 is 11.6 Å². The molecule has 0 unspecified atom stereocenters. The molecule has 21 heavy (non-hydrogen) atoms. The van der Waals surface area contributed by atoms with Gasteiger partial charge in [-0.25, -0.2) is 0 Å². The van der Waals surface area contributed by atoms with Crippen molar-refractivity contribution in [3.05, 3.63) is 29.7 Å². The zero-order chi connectivity index (χ0) is 15.6. The summed E-state index contributed by atoms with van der Waals surface area (Å²) >= 11 is 0. The number of anilines is 1. The molecule has 0 saturated carbocycles. The fourth-order valence-corrected chi connectivity index (χ4v) is 1.53. The van der Waals surface area contributed by atoms with E-state index in [9.17, 15) is 18.0 Å². The van der Waals surface area contributed by atoms with Crippen LogP contribution in [0.15, 0.2) is 22.7 Å². The van der Waals surface area contributed by atoms with Crippen molar-refractivity contribution < 1.29 is 22.5 Å². The number of rotatable bonds is 2. The van der Waals surface area contributed by atoms with Gasteiger partial charge in [-0.2, -0.15) is 23.4 Å². The molecule has 0 saturated heterocycles. The zero-order valence-corrected chi connectivity index (χ0v) is 10.5. The van der Waals surface area contributed by atoms with E-state index < -0.39 is 12.1 Å². The van der Waals surface area contributed by atoms with Crippen molar-refractivity contribution in [2.24, 2.45) is 0 Å². The lowest BCUT2D eigenvalue weighted by atomic mass is 10.1. The summed E-state index contributed by atoms with van der Waals surface area (Å²) in [6.07, 6.45) is -4.74. The Hall–Kier alpha value is -2.89. The zero-order valence-electron chi connectivity index (χ0n) is 10.5. The second-order valence-electron chi connectivity index (χ2n) is 3.97. The second-order valence-corrected chi connectivity index (χ2v) is 3.97. The van der Waals surface area contributed by atoms with E-state index in [4.69, 9.17) is 5.26 Å². The first-order valence-electron chi connectivity index (χ1n) is 5.54. The van der Waals surface area contributed by atoms with Gasteiger partial charge in [-0.1, -0.05) is 5.16 Å². The van der Waals surface area contributed by atoms with E-state index in [2.05, 4.69) is 20.0 Å². The molecule has 1 heterocycles. The molecule has 108 valence electrons. The molecule has 1 amide bonds. The van der Waals surface area contributed by atoms with Gasteiger partial charge in [-0.05, 0) is 18.2 Å². The molecule has 6 nitrogen and oxygen atoms in total. The summed E-state index contributed by atoms with van der Waals surface area (Å²) in [7, 11) is 0. The van der Waals surface area contributed by atoms with Crippen molar-refractivity contribution in [2.45, 2.75) is 13.1 Å². The smallest absolute Gasteiger partial charge is 0.329 e. The van der Waals surface area contributed by atoms with Crippen LogP contribution in [0.5, 0.6) is 0 Å². The first-order valence-corrected chi connectivity index (χ1v) is 5.54. The van der Waals surface area contributed by atoms with Crippen molar-refractivity contribution in [3.8, 4) is 17.5 Å². The number of amides is 1. The Kier molecular flexibility index (Phi) is 3.62. The third kappa shape index (κ3) is 3.17. The summed E-state index contributed by atoms with van der Waals surface area (Å²) in [6, 6.07) is 5.83. The molecule has 1 N–H and O–H groups in total. The molecule has 0 spiro atoms. The molecule has 2 aromatic rings. The number of alkyl halides is 3. The van der Waals surface area contributed by atoms with Crippen molar-refractivity contribution in [1.29, 1.82) is 5.26 Å². The Labute approximate surface area is 116 Å². The van der Waals surface area contributed by atoms with Gasteiger partial charge >= 0.3 is 12.1 Å². The first-order chi connectivity index (χ1) is 9.81. The maximum atomic E-state index is 12.4. The quantitative estimate of drug-likeness (QED) is 0.919. The highest BCUT2D eigenvalue weighted by molar-refractivity contribution is 5.90. The molecule has 0 aliphatic heterocycles. The number of benzene rings is 1. The molecule has 0 aliphatic carbocycles. The van der Waals surface area contributed by atoms with Gasteiger partial charge in [0.1, 0.15) is 6.07 Å². The second kappa shape index (κ2) is 5.24. The summed E-state index contributed by atoms with van der Waals surface area (Å²) in [6.45, 7) is 1.27. The molecule has 0 radical (unpaired) electrons. The van der Waals surface area contributed by atoms with Gasteiger partial charge in [0.2, 0.25) is 11.7 Å². The van der Waals surface area contributed by atoms with Crippen LogP contribution in [-0.2, 0) is 11.0 Å². The largest absolute Gasteiger partial charge is 0.471 e. The standard InChI is InChI=1S/C12H7F3N4O2/c1-6(20)17-9-3-2-7(4-8(9)5-16)10-18-11(21-19-10)12(13,14)15/h2-4H,1H3,(H,17,20). The number of carbonyl (C=O) groups is 1. The minimum absolute atomic E-state index is 0.0704. The van der Waals surface area contributed by atoms with Crippen molar-refractivity contribution in [3.63, 3.8) is 0 Å². The van der Waals surface area contributed by atoms with E-state index in [1.165, 1.54) is 25.1 Å². The third-order valence-corrected chi connectivity index (χ3v) is 2.38. The van der Waals surface area contributed by atoms with Crippen LogP contribution in [0.25, 0.3) is 11.4 Å². The van der Waals surface area contributed by atoms with Crippen LogP contribution in [0.4, 0.5) is 18.9 Å². The normalized spacial score (nSPS) is 11.0. The minimum Gasteiger partial charge on any atom is -0.329 e. The lowest BCUT2D eigenvalue weighted by molar-refractivity contribution is -0.159. The first kappa shape index (κ1) is 14.5. The van der Waals surface area contributed by atoms with E-state index in [-0.39, 0.29) is 28.5 Å². The molecule has 1 aromatic heterocycles. The SMILES string of the molecule is CC(=O)Nc1ccc(-c2noc(C(F)(F)F)n2)cc1C#N. The molecule has 0 atom stereocenters. The summed E-state index contributed by atoms with van der Waals surface area (Å²) < 4.78 is 41.2. The van der Waals surface area contributed by atoms with E-state index in [1.807, 2.05) is 6.07 Å². The predicted molar refractivity (Wildman–Crippen MR) is 63.8 cm³/mol. The number of hydrogen-bond acceptors (Lipinski definition) is 5. The maximum absolute atomic E-state index is 12.4. The Morgan fingerprint density at radius 3 is 2.67 bits per heavy atom. The lowest BCUT2D eigenvalue weighted by Crippen LogP contribution is -2.07. The molecule has 0 fully saturated rings. The highest BCUT2D eigenvalue weighted by atomic mass is 19.4. The Bertz CT molecular complexity index is 731. The summed E-state index contributed by atoms with van der Waals surface area (Å²) in [4.78, 5) is 14.2. The fraction of sp³-hybridized carbons (Fsp3) is 0.167. The van der Waals surface area contributed by atoms with Crippen LogP contribution in [0.2, 0.25) is 0 Å². The van der Waals surface area contributed by atoms with Gasteiger partial charge in [-0.3, -0.25) is 4.79 Å². The van der Waals surface area contributed by atoms with Gasteiger partial charge in [0.25, 0.3) is 0 Å². The van der Waals surface area contributed by atoms with Crippen LogP contribution in [0, 0.1) is 11.3 Å². The van der Waals surface area contributed by atoms with Crippen LogP contribution in [-0.4, -0.2) is 16.0 Å². The topological polar surface area (TPSA) is 91.8 Å². The van der Waals surface area contributed by atoms with Crippen molar-refractivity contribution in [2.75, 3.05) is 5.32 Å². The molecular formula is C12H7F3N4O2. The molecule has 1 aromatic carbocycles. The highest BCUT2D eigenvalue weighted by Crippen LogP contribution is 2.30. The number of aromatic nitrogens is 2. The third-order valence-electron chi connectivity index (χ3n) is 2.38. The minimum atomic E-state index is -4.74. The molecule has 9 heteroatoms. The highest BCUT2D eigenvalue weighted by Gasteiger charge is 2.38. The van der Waals surface area contributed by atoms with Gasteiger partial charge in [-0.15, -0.1) is 0 Å². The van der Waals surface area contributed by atoms with Gasteiger partial charge in [0.15, 0.2) is 0 Å². The number of nitriles is 1. The monoisotopic (exact) mass is 296 g/mol. The fourth-order valence-electron chi connectivity index (χ4n) is 1.53. The Balaban J connectivity index is 2.40. The average molecular weight is 296 g/mol. The van der Waals surface area contributed by atoms with E-state index in [1.54, 1.807) is 0 Å². The molecule has 2 rings (SSSR count). The molecular weight excluding hydrogens is 289 g/mol. The van der Waals surface area contributed by atoms with Crippen LogP contribution >= 0.6 is 0 Å². The summed E-state index contributed by atoms with van der Waals surface area (Å²) in [5.74, 6) is -2.15. The average Bonchev–Trinajstić information content (AvgIpc) is 2.88.